The van der Waals surface area contributed by atoms with Crippen LogP contribution in [0.3, 0.4) is 0 Å². The summed E-state index contributed by atoms with van der Waals surface area (Å²) in [7, 11) is 0. The van der Waals surface area contributed by atoms with Gasteiger partial charge in [-0.2, -0.15) is 18.2 Å². The maximum atomic E-state index is 12.7. The van der Waals surface area contributed by atoms with E-state index < -0.39 is 11.7 Å². The largest absolute Gasteiger partial charge is 0.416 e. The van der Waals surface area contributed by atoms with Gasteiger partial charge in [0, 0.05) is 5.56 Å². The maximum Gasteiger partial charge on any atom is 0.416 e. The Bertz CT molecular complexity index is 593. The molecule has 0 saturated carbocycles. The minimum absolute atomic E-state index is 0.155. The van der Waals surface area contributed by atoms with Crippen molar-refractivity contribution in [1.82, 2.24) is 15.5 Å². The number of rotatable bonds is 5. The lowest BCUT2D eigenvalue weighted by Gasteiger charge is -2.06. The van der Waals surface area contributed by atoms with Crippen LogP contribution in [-0.4, -0.2) is 16.7 Å². The molecule has 2 aromatic rings. The molecule has 0 aliphatic carbocycles. The highest BCUT2D eigenvalue weighted by Crippen LogP contribution is 2.31. The number of alkyl halides is 3. The van der Waals surface area contributed by atoms with Crippen LogP contribution in [0.5, 0.6) is 0 Å². The molecule has 0 unspecified atom stereocenters. The van der Waals surface area contributed by atoms with E-state index in [4.69, 9.17) is 4.52 Å². The third-order valence-corrected chi connectivity index (χ3v) is 2.74. The molecular formula is C14H16F3N3O. The number of benzene rings is 1. The quantitative estimate of drug-likeness (QED) is 0.918. The first-order valence-electron chi connectivity index (χ1n) is 6.57. The summed E-state index contributed by atoms with van der Waals surface area (Å²) >= 11 is 0. The van der Waals surface area contributed by atoms with Crippen LogP contribution < -0.4 is 5.32 Å². The summed E-state index contributed by atoms with van der Waals surface area (Å²) in [6.07, 6.45) is -4.39. The van der Waals surface area contributed by atoms with Crippen LogP contribution >= 0.6 is 0 Å². The first-order valence-corrected chi connectivity index (χ1v) is 6.57. The lowest BCUT2D eigenvalue weighted by molar-refractivity contribution is -0.137. The van der Waals surface area contributed by atoms with E-state index in [0.29, 0.717) is 18.4 Å². The Morgan fingerprint density at radius 1 is 1.29 bits per heavy atom. The van der Waals surface area contributed by atoms with Crippen LogP contribution in [0, 0.1) is 5.92 Å². The highest BCUT2D eigenvalue weighted by Gasteiger charge is 2.30. The van der Waals surface area contributed by atoms with Crippen LogP contribution in [0.25, 0.3) is 11.4 Å². The maximum absolute atomic E-state index is 12.7. The van der Waals surface area contributed by atoms with Gasteiger partial charge in [0.25, 0.3) is 0 Å². The molecule has 4 nitrogen and oxygen atoms in total. The highest BCUT2D eigenvalue weighted by molar-refractivity contribution is 5.55. The molecule has 0 atom stereocenters. The van der Waals surface area contributed by atoms with Crippen LogP contribution in [0.4, 0.5) is 13.2 Å². The Balaban J connectivity index is 2.11. The van der Waals surface area contributed by atoms with E-state index in [1.807, 2.05) is 0 Å². The second kappa shape index (κ2) is 6.26. The molecule has 0 saturated heterocycles. The molecule has 1 heterocycles. The normalized spacial score (nSPS) is 12.1. The molecule has 0 spiro atoms. The van der Waals surface area contributed by atoms with Crippen molar-refractivity contribution in [2.24, 2.45) is 5.92 Å². The van der Waals surface area contributed by atoms with E-state index >= 15 is 0 Å². The van der Waals surface area contributed by atoms with Crippen LogP contribution in [0.1, 0.15) is 25.3 Å². The van der Waals surface area contributed by atoms with E-state index in [1.54, 1.807) is 0 Å². The fourth-order valence-corrected chi connectivity index (χ4v) is 1.75. The SMILES string of the molecule is CC(C)CNCc1nc(-c2cccc(C(F)(F)F)c2)no1. The van der Waals surface area contributed by atoms with Gasteiger partial charge < -0.3 is 9.84 Å². The molecule has 1 aromatic heterocycles. The topological polar surface area (TPSA) is 51.0 Å². The molecule has 0 fully saturated rings. The molecule has 114 valence electrons. The monoisotopic (exact) mass is 299 g/mol. The van der Waals surface area contributed by atoms with E-state index in [0.717, 1.165) is 18.7 Å². The van der Waals surface area contributed by atoms with Gasteiger partial charge in [0.2, 0.25) is 11.7 Å². The van der Waals surface area contributed by atoms with E-state index in [9.17, 15) is 13.2 Å². The summed E-state index contributed by atoms with van der Waals surface area (Å²) in [5, 5.41) is 6.84. The molecule has 0 aliphatic heterocycles. The van der Waals surface area contributed by atoms with Gasteiger partial charge >= 0.3 is 6.18 Å². The van der Waals surface area contributed by atoms with Crippen LogP contribution in [0.15, 0.2) is 28.8 Å². The summed E-state index contributed by atoms with van der Waals surface area (Å²) in [4.78, 5) is 4.09. The van der Waals surface area contributed by atoms with Gasteiger partial charge in [-0.3, -0.25) is 0 Å². The van der Waals surface area contributed by atoms with Gasteiger partial charge in [0.05, 0.1) is 12.1 Å². The summed E-state index contributed by atoms with van der Waals surface area (Å²) in [5.41, 5.74) is -0.451. The molecule has 0 aliphatic rings. The standard InChI is InChI=1S/C14H16F3N3O/c1-9(2)7-18-8-12-19-13(20-21-12)10-4-3-5-11(6-10)14(15,16)17/h3-6,9,18H,7-8H2,1-2H3. The molecule has 0 bridgehead atoms. The second-order valence-electron chi connectivity index (χ2n) is 5.12. The fourth-order valence-electron chi connectivity index (χ4n) is 1.75. The molecule has 1 aromatic carbocycles. The molecule has 21 heavy (non-hydrogen) atoms. The predicted octanol–water partition coefficient (Wildman–Crippen LogP) is 3.50. The van der Waals surface area contributed by atoms with Crippen molar-refractivity contribution in [3.05, 3.63) is 35.7 Å². The van der Waals surface area contributed by atoms with Crippen LogP contribution in [0.2, 0.25) is 0 Å². The second-order valence-corrected chi connectivity index (χ2v) is 5.12. The van der Waals surface area contributed by atoms with Crippen molar-refractivity contribution in [2.75, 3.05) is 6.54 Å². The Kier molecular flexibility index (Phi) is 4.62. The molecule has 0 radical (unpaired) electrons. The third-order valence-electron chi connectivity index (χ3n) is 2.74. The van der Waals surface area contributed by atoms with Crippen molar-refractivity contribution in [2.45, 2.75) is 26.6 Å². The van der Waals surface area contributed by atoms with Gasteiger partial charge in [0.15, 0.2) is 0 Å². The van der Waals surface area contributed by atoms with Crippen molar-refractivity contribution in [3.63, 3.8) is 0 Å². The number of aromatic nitrogens is 2. The minimum atomic E-state index is -4.39. The molecule has 0 amide bonds. The zero-order chi connectivity index (χ0) is 15.5. The minimum Gasteiger partial charge on any atom is -0.338 e. The average molecular weight is 299 g/mol. The van der Waals surface area contributed by atoms with Gasteiger partial charge in [-0.1, -0.05) is 31.1 Å². The third kappa shape index (κ3) is 4.29. The zero-order valence-electron chi connectivity index (χ0n) is 11.7. The Morgan fingerprint density at radius 2 is 2.05 bits per heavy atom. The van der Waals surface area contributed by atoms with Gasteiger partial charge in [-0.25, -0.2) is 0 Å². The summed E-state index contributed by atoms with van der Waals surface area (Å²) in [6.45, 7) is 5.31. The highest BCUT2D eigenvalue weighted by atomic mass is 19.4. The number of nitrogens with zero attached hydrogens (tertiary/aromatic N) is 2. The number of hydrogen-bond donors (Lipinski definition) is 1. The summed E-state index contributed by atoms with van der Waals surface area (Å²) < 4.78 is 43.0. The first-order chi connectivity index (χ1) is 9.86. The lowest BCUT2D eigenvalue weighted by atomic mass is 10.1. The van der Waals surface area contributed by atoms with E-state index in [2.05, 4.69) is 29.3 Å². The average Bonchev–Trinajstić information content (AvgIpc) is 2.86. The number of nitrogens with one attached hydrogen (secondary N) is 1. The van der Waals surface area contributed by atoms with Gasteiger partial charge in [0.1, 0.15) is 0 Å². The molecule has 1 N–H and O–H groups in total. The van der Waals surface area contributed by atoms with E-state index in [-0.39, 0.29) is 11.4 Å². The van der Waals surface area contributed by atoms with Crippen molar-refractivity contribution >= 4 is 0 Å². The molecular weight excluding hydrogens is 283 g/mol. The van der Waals surface area contributed by atoms with Gasteiger partial charge in [-0.15, -0.1) is 0 Å². The van der Waals surface area contributed by atoms with Crippen LogP contribution in [-0.2, 0) is 12.7 Å². The Hall–Kier alpha value is -1.89. The smallest absolute Gasteiger partial charge is 0.338 e. The van der Waals surface area contributed by atoms with E-state index in [1.165, 1.54) is 12.1 Å². The predicted molar refractivity (Wildman–Crippen MR) is 71.3 cm³/mol. The van der Waals surface area contributed by atoms with Crippen molar-refractivity contribution < 1.29 is 17.7 Å². The number of halogens is 3. The number of hydrogen-bond acceptors (Lipinski definition) is 4. The fraction of sp³-hybridized carbons (Fsp3) is 0.429. The first kappa shape index (κ1) is 15.5. The Labute approximate surface area is 120 Å². The summed E-state index contributed by atoms with van der Waals surface area (Å²) in [6, 6.07) is 4.86. The van der Waals surface area contributed by atoms with Crippen molar-refractivity contribution in [3.8, 4) is 11.4 Å². The zero-order valence-corrected chi connectivity index (χ0v) is 11.7. The Morgan fingerprint density at radius 3 is 2.71 bits per heavy atom. The van der Waals surface area contributed by atoms with Crippen molar-refractivity contribution in [1.29, 1.82) is 0 Å². The molecule has 2 rings (SSSR count). The van der Waals surface area contributed by atoms with Gasteiger partial charge in [-0.05, 0) is 24.6 Å². The summed E-state index contributed by atoms with van der Waals surface area (Å²) in [5.74, 6) is 0.987. The molecule has 7 heteroatoms. The lowest BCUT2D eigenvalue weighted by Crippen LogP contribution is -2.19.